The van der Waals surface area contributed by atoms with Crippen LogP contribution in [-0.2, 0) is 22.6 Å². The van der Waals surface area contributed by atoms with E-state index in [9.17, 15) is 9.59 Å². The van der Waals surface area contributed by atoms with Gasteiger partial charge in [-0.05, 0) is 23.6 Å². The Morgan fingerprint density at radius 2 is 1.87 bits per heavy atom. The van der Waals surface area contributed by atoms with Crippen molar-refractivity contribution in [2.24, 2.45) is 0 Å². The molecule has 4 rings (SSSR count). The Labute approximate surface area is 178 Å². The lowest BCUT2D eigenvalue weighted by Gasteiger charge is -2.04. The fraction of sp³-hybridized carbons (Fsp3) is 0.261. The number of hydrogen-bond acceptors (Lipinski definition) is 7. The van der Waals surface area contributed by atoms with Crippen molar-refractivity contribution in [3.8, 4) is 11.4 Å². The predicted molar refractivity (Wildman–Crippen MR) is 114 cm³/mol. The normalized spacial score (nSPS) is 11.2. The number of carbonyl (C=O) groups is 1. The minimum atomic E-state index is -0.447. The highest BCUT2D eigenvalue weighted by molar-refractivity contribution is 5.77. The summed E-state index contributed by atoms with van der Waals surface area (Å²) in [7, 11) is 0. The molecule has 1 N–H and O–H groups in total. The molecule has 0 unspecified atom stereocenters. The van der Waals surface area contributed by atoms with Gasteiger partial charge in [0, 0.05) is 12.0 Å². The summed E-state index contributed by atoms with van der Waals surface area (Å²) in [4.78, 5) is 35.5. The first-order valence-electron chi connectivity index (χ1n) is 10.1. The van der Waals surface area contributed by atoms with E-state index in [2.05, 4.69) is 34.0 Å². The summed E-state index contributed by atoms with van der Waals surface area (Å²) in [5, 5.41) is 4.46. The molecule has 0 atom stereocenters. The number of benzene rings is 2. The van der Waals surface area contributed by atoms with Crippen LogP contribution in [0.3, 0.4) is 0 Å². The van der Waals surface area contributed by atoms with Gasteiger partial charge in [-0.15, -0.1) is 0 Å². The van der Waals surface area contributed by atoms with Crippen molar-refractivity contribution >= 4 is 16.9 Å². The van der Waals surface area contributed by atoms with Gasteiger partial charge in [0.2, 0.25) is 5.82 Å². The van der Waals surface area contributed by atoms with Gasteiger partial charge in [-0.25, -0.2) is 4.98 Å². The molecule has 0 aliphatic carbocycles. The van der Waals surface area contributed by atoms with E-state index in [0.717, 1.165) is 5.56 Å². The zero-order chi connectivity index (χ0) is 21.8. The number of ether oxygens (including phenoxy) is 1. The molecule has 2 aromatic heterocycles. The van der Waals surface area contributed by atoms with Crippen molar-refractivity contribution in [2.75, 3.05) is 0 Å². The van der Waals surface area contributed by atoms with Crippen LogP contribution in [0.25, 0.3) is 22.3 Å². The third kappa shape index (κ3) is 4.85. The van der Waals surface area contributed by atoms with E-state index in [-0.39, 0.29) is 30.9 Å². The van der Waals surface area contributed by atoms with Crippen LogP contribution >= 0.6 is 0 Å². The lowest BCUT2D eigenvalue weighted by molar-refractivity contribution is -0.145. The zero-order valence-electron chi connectivity index (χ0n) is 17.3. The number of esters is 1. The van der Waals surface area contributed by atoms with Crippen LogP contribution in [0.1, 0.15) is 43.5 Å². The van der Waals surface area contributed by atoms with Crippen molar-refractivity contribution < 1.29 is 14.1 Å². The maximum absolute atomic E-state index is 12.1. The maximum atomic E-state index is 12.1. The van der Waals surface area contributed by atoms with E-state index in [0.29, 0.717) is 28.5 Å². The molecule has 0 spiro atoms. The summed E-state index contributed by atoms with van der Waals surface area (Å²) in [6.45, 7) is 4.14. The molecule has 0 saturated heterocycles. The largest absolute Gasteiger partial charge is 0.456 e. The number of hydrogen-bond donors (Lipinski definition) is 1. The number of aromatic nitrogens is 4. The molecule has 0 fully saturated rings. The van der Waals surface area contributed by atoms with E-state index in [1.165, 1.54) is 5.56 Å². The Morgan fingerprint density at radius 1 is 1.10 bits per heavy atom. The first-order valence-corrected chi connectivity index (χ1v) is 10.1. The lowest BCUT2D eigenvalue weighted by Crippen LogP contribution is -2.14. The molecular formula is C23H22N4O4. The number of fused-ring (bicyclic) bond motifs is 1. The standard InChI is InChI=1S/C23H22N4O4/c1-14(2)15-7-9-16(10-8-15)22-26-20(31-27-22)13-30-21(28)12-11-19-24-18-6-4-3-5-17(18)23(29)25-19/h3-10,14H,11-13H2,1-2H3,(H,24,25,29). The smallest absolute Gasteiger partial charge is 0.306 e. The third-order valence-corrected chi connectivity index (χ3v) is 4.89. The van der Waals surface area contributed by atoms with E-state index in [1.54, 1.807) is 18.2 Å². The summed E-state index contributed by atoms with van der Waals surface area (Å²) in [5.74, 6) is 1.09. The number of carbonyl (C=O) groups excluding carboxylic acids is 1. The van der Waals surface area contributed by atoms with Gasteiger partial charge in [0.15, 0.2) is 6.61 Å². The van der Waals surface area contributed by atoms with Crippen LogP contribution in [0.4, 0.5) is 0 Å². The van der Waals surface area contributed by atoms with E-state index in [1.807, 2.05) is 30.3 Å². The molecule has 8 heteroatoms. The third-order valence-electron chi connectivity index (χ3n) is 4.89. The quantitative estimate of drug-likeness (QED) is 0.455. The molecule has 2 heterocycles. The molecule has 158 valence electrons. The fourth-order valence-corrected chi connectivity index (χ4v) is 3.14. The van der Waals surface area contributed by atoms with Gasteiger partial charge in [-0.3, -0.25) is 9.59 Å². The number of para-hydroxylation sites is 1. The van der Waals surface area contributed by atoms with Gasteiger partial charge in [-0.1, -0.05) is 55.4 Å². The van der Waals surface area contributed by atoms with Crippen LogP contribution in [0.15, 0.2) is 57.8 Å². The number of rotatable bonds is 7. The summed E-state index contributed by atoms with van der Waals surface area (Å²) in [6.07, 6.45) is 0.329. The van der Waals surface area contributed by atoms with Crippen LogP contribution < -0.4 is 5.56 Å². The van der Waals surface area contributed by atoms with Crippen LogP contribution in [0, 0.1) is 0 Å². The molecule has 8 nitrogen and oxygen atoms in total. The second kappa shape index (κ2) is 8.91. The number of nitrogens with zero attached hydrogens (tertiary/aromatic N) is 3. The number of nitrogens with one attached hydrogen (secondary N) is 1. The highest BCUT2D eigenvalue weighted by atomic mass is 16.6. The fourth-order valence-electron chi connectivity index (χ4n) is 3.14. The molecule has 0 bridgehead atoms. The Morgan fingerprint density at radius 3 is 2.65 bits per heavy atom. The SMILES string of the molecule is CC(C)c1ccc(-c2noc(COC(=O)CCc3nc4ccccc4c(=O)[nH]3)n2)cc1. The van der Waals surface area contributed by atoms with E-state index >= 15 is 0 Å². The van der Waals surface area contributed by atoms with Gasteiger partial charge in [0.05, 0.1) is 17.3 Å². The Hall–Kier alpha value is -3.81. The molecule has 2 aromatic carbocycles. The molecule has 4 aromatic rings. The molecular weight excluding hydrogens is 396 g/mol. The monoisotopic (exact) mass is 418 g/mol. The van der Waals surface area contributed by atoms with Crippen LogP contribution in [0.5, 0.6) is 0 Å². The van der Waals surface area contributed by atoms with Gasteiger partial charge < -0.3 is 14.2 Å². The number of aryl methyl sites for hydroxylation is 1. The van der Waals surface area contributed by atoms with Gasteiger partial charge >= 0.3 is 5.97 Å². The molecule has 0 amide bonds. The van der Waals surface area contributed by atoms with Crippen molar-refractivity contribution in [3.05, 3.63) is 76.2 Å². The lowest BCUT2D eigenvalue weighted by atomic mass is 10.0. The van der Waals surface area contributed by atoms with Crippen molar-refractivity contribution in [1.29, 1.82) is 0 Å². The topological polar surface area (TPSA) is 111 Å². The highest BCUT2D eigenvalue weighted by Crippen LogP contribution is 2.20. The second-order valence-electron chi connectivity index (χ2n) is 7.48. The van der Waals surface area contributed by atoms with Gasteiger partial charge in [0.1, 0.15) is 5.82 Å². The highest BCUT2D eigenvalue weighted by Gasteiger charge is 2.13. The second-order valence-corrected chi connectivity index (χ2v) is 7.48. The van der Waals surface area contributed by atoms with Crippen molar-refractivity contribution in [2.45, 2.75) is 39.2 Å². The minimum absolute atomic E-state index is 0.0684. The molecule has 0 radical (unpaired) electrons. The summed E-state index contributed by atoms with van der Waals surface area (Å²) >= 11 is 0. The Kier molecular flexibility index (Phi) is 5.88. The zero-order valence-corrected chi connectivity index (χ0v) is 17.3. The first kappa shape index (κ1) is 20.5. The van der Waals surface area contributed by atoms with Crippen LogP contribution in [0.2, 0.25) is 0 Å². The average Bonchev–Trinajstić information content (AvgIpc) is 3.25. The van der Waals surface area contributed by atoms with E-state index in [4.69, 9.17) is 9.26 Å². The molecule has 31 heavy (non-hydrogen) atoms. The van der Waals surface area contributed by atoms with Gasteiger partial charge in [0.25, 0.3) is 11.4 Å². The van der Waals surface area contributed by atoms with Crippen molar-refractivity contribution in [3.63, 3.8) is 0 Å². The minimum Gasteiger partial charge on any atom is -0.456 e. The molecule has 0 aliphatic heterocycles. The Balaban J connectivity index is 1.32. The summed E-state index contributed by atoms with van der Waals surface area (Å²) in [5.41, 5.74) is 2.42. The van der Waals surface area contributed by atoms with Crippen LogP contribution in [-0.4, -0.2) is 26.1 Å². The van der Waals surface area contributed by atoms with Crippen molar-refractivity contribution in [1.82, 2.24) is 20.1 Å². The molecule has 0 saturated carbocycles. The summed E-state index contributed by atoms with van der Waals surface area (Å²) in [6, 6.07) is 15.0. The summed E-state index contributed by atoms with van der Waals surface area (Å²) < 4.78 is 10.4. The maximum Gasteiger partial charge on any atom is 0.306 e. The first-order chi connectivity index (χ1) is 15.0. The number of H-pyrrole nitrogens is 1. The average molecular weight is 418 g/mol. The predicted octanol–water partition coefficient (Wildman–Crippen LogP) is 3.77. The Bertz CT molecular complexity index is 1260. The van der Waals surface area contributed by atoms with Gasteiger partial charge in [-0.2, -0.15) is 4.98 Å². The number of aromatic amines is 1. The molecule has 0 aliphatic rings. The van der Waals surface area contributed by atoms with E-state index < -0.39 is 5.97 Å².